The van der Waals surface area contributed by atoms with Crippen molar-refractivity contribution in [2.45, 2.75) is 46.4 Å². The number of para-hydroxylation sites is 1. The summed E-state index contributed by atoms with van der Waals surface area (Å²) < 4.78 is 20.3. The van der Waals surface area contributed by atoms with E-state index in [4.69, 9.17) is 14.2 Å². The Bertz CT molecular complexity index is 1980. The van der Waals surface area contributed by atoms with Crippen LogP contribution in [0.5, 0.6) is 11.5 Å². The minimum atomic E-state index is -0.785. The number of hydrogen-bond donors (Lipinski definition) is 0. The Morgan fingerprint density at radius 3 is 2.53 bits per heavy atom. The summed E-state index contributed by atoms with van der Waals surface area (Å²) in [6.45, 7) is 7.76. The van der Waals surface area contributed by atoms with Gasteiger partial charge in [-0.25, -0.2) is 9.79 Å². The fourth-order valence-electron chi connectivity index (χ4n) is 4.90. The zero-order valence-corrected chi connectivity index (χ0v) is 28.0. The lowest BCUT2D eigenvalue weighted by molar-refractivity contribution is -0.384. The predicted molar refractivity (Wildman–Crippen MR) is 179 cm³/mol. The number of halogens is 1. The Labute approximate surface area is 276 Å². The van der Waals surface area contributed by atoms with Gasteiger partial charge in [-0.2, -0.15) is 0 Å². The molecule has 5 rings (SSSR count). The van der Waals surface area contributed by atoms with E-state index in [2.05, 4.69) is 27.6 Å². The first kappa shape index (κ1) is 32.1. The number of ether oxygens (including phenoxy) is 3. The van der Waals surface area contributed by atoms with Crippen molar-refractivity contribution >= 4 is 51.7 Å². The molecule has 1 atom stereocenters. The molecule has 0 N–H and O–H groups in total. The fraction of sp³-hybridized carbons (Fsp3) is 0.242. The molecule has 0 unspecified atom stereocenters. The highest BCUT2D eigenvalue weighted by Gasteiger charge is 2.35. The number of fused-ring (bicyclic) bond motifs is 1. The molecule has 10 nitrogen and oxygen atoms in total. The summed E-state index contributed by atoms with van der Waals surface area (Å²) >= 11 is 3.42. The molecule has 1 aliphatic heterocycles. The van der Waals surface area contributed by atoms with Gasteiger partial charge in [-0.15, -0.1) is 0 Å². The zero-order valence-electron chi connectivity index (χ0n) is 25.0. The van der Waals surface area contributed by atoms with Gasteiger partial charge in [-0.05, 0) is 97.8 Å². The number of non-ortho nitro benzene ring substituents is 1. The van der Waals surface area contributed by atoms with E-state index in [9.17, 15) is 19.7 Å². The number of carbonyl (C=O) groups is 1. The average Bonchev–Trinajstić information content (AvgIpc) is 3.30. The third kappa shape index (κ3) is 7.01. The Kier molecular flexibility index (Phi) is 9.83. The van der Waals surface area contributed by atoms with Gasteiger partial charge in [0.15, 0.2) is 4.80 Å². The van der Waals surface area contributed by atoms with Crippen LogP contribution in [-0.4, -0.2) is 28.2 Å². The molecule has 0 saturated carbocycles. The number of esters is 1. The van der Waals surface area contributed by atoms with Crippen LogP contribution in [0.2, 0.25) is 0 Å². The number of benzene rings is 3. The fourth-order valence-corrected chi connectivity index (χ4v) is 6.65. The number of allylic oxidation sites excluding steroid dienone is 1. The number of nitro groups is 1. The second-order valence-electron chi connectivity index (χ2n) is 10.4. The lowest BCUT2D eigenvalue weighted by Crippen LogP contribution is -2.40. The molecule has 4 aromatic rings. The van der Waals surface area contributed by atoms with E-state index in [1.165, 1.54) is 23.5 Å². The number of aromatic nitrogens is 1. The smallest absolute Gasteiger partial charge is 0.338 e. The van der Waals surface area contributed by atoms with E-state index >= 15 is 0 Å². The third-order valence-electron chi connectivity index (χ3n) is 6.89. The van der Waals surface area contributed by atoms with Gasteiger partial charge in [0.1, 0.15) is 24.1 Å². The first-order chi connectivity index (χ1) is 21.6. The molecular weight excluding hydrogens is 709 g/mol. The summed E-state index contributed by atoms with van der Waals surface area (Å²) in [5, 5.41) is 10.9. The van der Waals surface area contributed by atoms with Gasteiger partial charge in [-0.1, -0.05) is 35.6 Å². The first-order valence-corrected chi connectivity index (χ1v) is 16.1. The first-order valence-electron chi connectivity index (χ1n) is 14.2. The van der Waals surface area contributed by atoms with Gasteiger partial charge in [0, 0.05) is 17.7 Å². The van der Waals surface area contributed by atoms with Crippen LogP contribution < -0.4 is 24.4 Å². The summed E-state index contributed by atoms with van der Waals surface area (Å²) in [5.74, 6) is 0.683. The lowest BCUT2D eigenvalue weighted by atomic mass is 9.95. The highest BCUT2D eigenvalue weighted by Crippen LogP contribution is 2.36. The number of thiazole rings is 1. The van der Waals surface area contributed by atoms with Crippen molar-refractivity contribution in [2.24, 2.45) is 4.99 Å². The maximum atomic E-state index is 14.0. The van der Waals surface area contributed by atoms with Crippen molar-refractivity contribution in [3.05, 3.63) is 128 Å². The molecule has 0 bridgehead atoms. The average molecular weight is 740 g/mol. The number of rotatable bonds is 10. The van der Waals surface area contributed by atoms with Crippen molar-refractivity contribution < 1.29 is 23.9 Å². The molecule has 1 aromatic heterocycles. The lowest BCUT2D eigenvalue weighted by Gasteiger charge is -2.26. The van der Waals surface area contributed by atoms with Crippen molar-refractivity contribution in [1.29, 1.82) is 0 Å². The number of nitro benzene ring substituents is 1. The van der Waals surface area contributed by atoms with Crippen molar-refractivity contribution in [3.8, 4) is 11.5 Å². The molecular formula is C33H30IN3O7S. The van der Waals surface area contributed by atoms with Crippen molar-refractivity contribution in [2.75, 3.05) is 6.61 Å². The van der Waals surface area contributed by atoms with Crippen LogP contribution in [0, 0.1) is 13.7 Å². The molecule has 45 heavy (non-hydrogen) atoms. The summed E-state index contributed by atoms with van der Waals surface area (Å²) in [4.78, 5) is 42.9. The highest BCUT2D eigenvalue weighted by molar-refractivity contribution is 14.1. The second-order valence-corrected chi connectivity index (χ2v) is 12.6. The Morgan fingerprint density at radius 2 is 1.87 bits per heavy atom. The quantitative estimate of drug-likeness (QED) is 0.0889. The Balaban J connectivity index is 1.51. The SMILES string of the molecule is CCOC(=O)C1=C(C)N=c2s/c(=C/c3ccc(OCc4ccc([N+](=O)[O-])cc4)c(I)c3)c(=O)n2[C@H]1c1ccccc1OC(C)C. The van der Waals surface area contributed by atoms with Crippen LogP contribution in [0.4, 0.5) is 5.69 Å². The second kappa shape index (κ2) is 13.8. The summed E-state index contributed by atoms with van der Waals surface area (Å²) in [5.41, 5.74) is 2.76. The number of nitrogens with zero attached hydrogens (tertiary/aromatic N) is 3. The molecule has 0 amide bonds. The number of hydrogen-bond acceptors (Lipinski definition) is 9. The molecule has 0 fully saturated rings. The van der Waals surface area contributed by atoms with Gasteiger partial charge in [-0.3, -0.25) is 19.5 Å². The molecule has 3 aromatic carbocycles. The van der Waals surface area contributed by atoms with E-state index in [0.717, 1.165) is 14.7 Å². The topological polar surface area (TPSA) is 122 Å². The molecule has 12 heteroatoms. The van der Waals surface area contributed by atoms with E-state index in [1.54, 1.807) is 36.6 Å². The van der Waals surface area contributed by atoms with E-state index in [-0.39, 0.29) is 30.6 Å². The van der Waals surface area contributed by atoms with Crippen LogP contribution in [0.15, 0.2) is 87.8 Å². The largest absolute Gasteiger partial charge is 0.491 e. The van der Waals surface area contributed by atoms with Crippen LogP contribution >= 0.6 is 33.9 Å². The summed E-state index contributed by atoms with van der Waals surface area (Å²) in [6.07, 6.45) is 1.67. The number of carbonyl (C=O) groups excluding carboxylic acids is 1. The van der Waals surface area contributed by atoms with Crippen LogP contribution in [0.1, 0.15) is 50.4 Å². The van der Waals surface area contributed by atoms with Crippen molar-refractivity contribution in [3.63, 3.8) is 0 Å². The van der Waals surface area contributed by atoms with Crippen molar-refractivity contribution in [1.82, 2.24) is 4.57 Å². The minimum absolute atomic E-state index is 0.0228. The molecule has 0 radical (unpaired) electrons. The summed E-state index contributed by atoms with van der Waals surface area (Å²) in [6, 6.07) is 18.4. The van der Waals surface area contributed by atoms with Crippen LogP contribution in [-0.2, 0) is 16.1 Å². The molecule has 0 spiro atoms. The third-order valence-corrected chi connectivity index (χ3v) is 8.71. The van der Waals surface area contributed by atoms with E-state index < -0.39 is 16.9 Å². The highest BCUT2D eigenvalue weighted by atomic mass is 127. The van der Waals surface area contributed by atoms with E-state index in [0.29, 0.717) is 37.7 Å². The Morgan fingerprint density at radius 1 is 1.13 bits per heavy atom. The standard InChI is InChI=1S/C33H30IN3O7S/c1-5-42-32(39)29-20(4)35-33-36(30(29)24-8-6-7-9-26(24)44-19(2)3)31(38)28(45-33)17-22-12-15-27(25(34)16-22)43-18-21-10-13-23(14-11-21)37(40)41/h6-17,19,30H,5,18H2,1-4H3/b28-17+/t30-/m0/s1. The minimum Gasteiger partial charge on any atom is -0.491 e. The van der Waals surface area contributed by atoms with Gasteiger partial charge >= 0.3 is 5.97 Å². The van der Waals surface area contributed by atoms with Crippen LogP contribution in [0.3, 0.4) is 0 Å². The molecule has 232 valence electrons. The normalized spacial score (nSPS) is 14.6. The summed E-state index contributed by atoms with van der Waals surface area (Å²) in [7, 11) is 0. The Hall–Kier alpha value is -4.30. The van der Waals surface area contributed by atoms with Crippen LogP contribution in [0.25, 0.3) is 6.08 Å². The molecule has 1 aliphatic rings. The predicted octanol–water partition coefficient (Wildman–Crippen LogP) is 5.68. The van der Waals surface area contributed by atoms with Gasteiger partial charge in [0.05, 0.1) is 37.0 Å². The zero-order chi connectivity index (χ0) is 32.2. The monoisotopic (exact) mass is 739 g/mol. The maximum absolute atomic E-state index is 14.0. The molecule has 0 saturated heterocycles. The van der Waals surface area contributed by atoms with Gasteiger partial charge in [0.2, 0.25) is 0 Å². The molecule has 2 heterocycles. The van der Waals surface area contributed by atoms with E-state index in [1.807, 2.05) is 56.3 Å². The van der Waals surface area contributed by atoms with Gasteiger partial charge < -0.3 is 14.2 Å². The van der Waals surface area contributed by atoms with Gasteiger partial charge in [0.25, 0.3) is 11.2 Å². The maximum Gasteiger partial charge on any atom is 0.338 e. The molecule has 0 aliphatic carbocycles.